The second-order valence-electron chi connectivity index (χ2n) is 6.92. The lowest BCUT2D eigenvalue weighted by atomic mass is 10.0. The Morgan fingerprint density at radius 2 is 1.62 bits per heavy atom. The zero-order valence-corrected chi connectivity index (χ0v) is 16.0. The number of carbonyl (C=O) groups excluding carboxylic acids is 2. The van der Waals surface area contributed by atoms with Crippen molar-refractivity contribution in [3.05, 3.63) is 65.4 Å². The number of halogens is 2. The number of likely N-dealkylation sites (tertiary alicyclic amines) is 1. The smallest absolute Gasteiger partial charge is 0.282 e. The van der Waals surface area contributed by atoms with E-state index in [1.54, 1.807) is 24.3 Å². The van der Waals surface area contributed by atoms with E-state index in [0.29, 0.717) is 36.7 Å². The Bertz CT molecular complexity index is 996. The van der Waals surface area contributed by atoms with E-state index in [2.05, 4.69) is 0 Å². The highest BCUT2D eigenvalue weighted by Crippen LogP contribution is 2.36. The Labute approximate surface area is 167 Å². The van der Waals surface area contributed by atoms with E-state index in [1.165, 1.54) is 6.07 Å². The van der Waals surface area contributed by atoms with Crippen LogP contribution in [0.15, 0.2) is 48.2 Å². The fraction of sp³-hybridized carbons (Fsp3) is 0.273. The Kier molecular flexibility index (Phi) is 5.05. The van der Waals surface area contributed by atoms with Gasteiger partial charge in [-0.3, -0.25) is 9.59 Å². The van der Waals surface area contributed by atoms with Crippen molar-refractivity contribution < 1.29 is 23.1 Å². The molecule has 0 spiro atoms. The molecule has 0 atom stereocenters. The monoisotopic (exact) mass is 398 g/mol. The summed E-state index contributed by atoms with van der Waals surface area (Å²) >= 11 is 0. The summed E-state index contributed by atoms with van der Waals surface area (Å²) in [5.74, 6) is -2.56. The minimum Gasteiger partial charge on any atom is -0.494 e. The van der Waals surface area contributed by atoms with Gasteiger partial charge in [0.15, 0.2) is 11.6 Å². The molecule has 7 heteroatoms. The van der Waals surface area contributed by atoms with Crippen molar-refractivity contribution >= 4 is 23.1 Å². The molecule has 2 aliphatic rings. The first-order chi connectivity index (χ1) is 14.0. The van der Waals surface area contributed by atoms with E-state index < -0.39 is 23.4 Å². The molecule has 0 aromatic heterocycles. The number of amides is 2. The molecule has 0 unspecified atom stereocenters. The Morgan fingerprint density at radius 1 is 0.931 bits per heavy atom. The normalized spacial score (nSPS) is 16.9. The first-order valence-corrected chi connectivity index (χ1v) is 9.57. The van der Waals surface area contributed by atoms with Crippen LogP contribution in [0.25, 0.3) is 5.57 Å². The van der Waals surface area contributed by atoms with Crippen molar-refractivity contribution in [1.29, 1.82) is 0 Å². The van der Waals surface area contributed by atoms with Gasteiger partial charge in [-0.05, 0) is 49.6 Å². The first-order valence-electron chi connectivity index (χ1n) is 9.57. The molecule has 2 aliphatic heterocycles. The topological polar surface area (TPSA) is 49.9 Å². The van der Waals surface area contributed by atoms with Gasteiger partial charge in [-0.1, -0.05) is 12.1 Å². The summed E-state index contributed by atoms with van der Waals surface area (Å²) in [4.78, 5) is 29.3. The van der Waals surface area contributed by atoms with E-state index in [0.717, 1.165) is 29.9 Å². The standard InChI is InChI=1S/C22H20F2N2O3/c1-2-29-16-8-5-14(6-9-16)19-20(25-11-3-4-12-25)22(28)26(21(19)27)15-7-10-17(23)18(24)13-15/h5-10,13H,2-4,11-12H2,1H3. The summed E-state index contributed by atoms with van der Waals surface area (Å²) in [6.45, 7) is 3.73. The lowest BCUT2D eigenvalue weighted by Crippen LogP contribution is -2.34. The summed E-state index contributed by atoms with van der Waals surface area (Å²) in [5, 5.41) is 0. The van der Waals surface area contributed by atoms with Gasteiger partial charge in [0.1, 0.15) is 11.4 Å². The van der Waals surface area contributed by atoms with Crippen molar-refractivity contribution in [1.82, 2.24) is 4.90 Å². The highest BCUT2D eigenvalue weighted by Gasteiger charge is 2.43. The minimum absolute atomic E-state index is 0.0107. The molecule has 29 heavy (non-hydrogen) atoms. The van der Waals surface area contributed by atoms with Crippen LogP contribution in [0.3, 0.4) is 0 Å². The summed E-state index contributed by atoms with van der Waals surface area (Å²) in [6.07, 6.45) is 1.85. The maximum absolute atomic E-state index is 13.8. The van der Waals surface area contributed by atoms with E-state index in [1.807, 2.05) is 11.8 Å². The number of carbonyl (C=O) groups is 2. The van der Waals surface area contributed by atoms with Gasteiger partial charge in [0, 0.05) is 19.2 Å². The number of anilines is 1. The van der Waals surface area contributed by atoms with Gasteiger partial charge in [-0.25, -0.2) is 13.7 Å². The maximum atomic E-state index is 13.8. The molecule has 1 saturated heterocycles. The Balaban J connectivity index is 1.78. The molecule has 2 heterocycles. The van der Waals surface area contributed by atoms with Gasteiger partial charge in [-0.15, -0.1) is 0 Å². The van der Waals surface area contributed by atoms with Crippen LogP contribution >= 0.6 is 0 Å². The second kappa shape index (κ2) is 7.66. The van der Waals surface area contributed by atoms with Crippen molar-refractivity contribution in [3.8, 4) is 5.75 Å². The summed E-state index contributed by atoms with van der Waals surface area (Å²) in [7, 11) is 0. The SMILES string of the molecule is CCOc1ccc(C2=C(N3CCCC3)C(=O)N(c3ccc(F)c(F)c3)C2=O)cc1. The average Bonchev–Trinajstić information content (AvgIpc) is 3.31. The van der Waals surface area contributed by atoms with Crippen molar-refractivity contribution in [3.63, 3.8) is 0 Å². The van der Waals surface area contributed by atoms with Crippen LogP contribution in [0.5, 0.6) is 5.75 Å². The van der Waals surface area contributed by atoms with Crippen LogP contribution in [0.2, 0.25) is 0 Å². The highest BCUT2D eigenvalue weighted by atomic mass is 19.2. The molecular weight excluding hydrogens is 378 g/mol. The lowest BCUT2D eigenvalue weighted by Gasteiger charge is -2.20. The Hall–Kier alpha value is -3.22. The van der Waals surface area contributed by atoms with Gasteiger partial charge in [0.25, 0.3) is 11.8 Å². The molecular formula is C22H20F2N2O3. The predicted molar refractivity (Wildman–Crippen MR) is 104 cm³/mol. The molecule has 2 aromatic carbocycles. The number of hydrogen-bond donors (Lipinski definition) is 0. The molecule has 4 rings (SSSR count). The summed E-state index contributed by atoms with van der Waals surface area (Å²) < 4.78 is 32.6. The van der Waals surface area contributed by atoms with Crippen LogP contribution in [0.4, 0.5) is 14.5 Å². The third-order valence-corrected chi connectivity index (χ3v) is 5.10. The number of hydrogen-bond acceptors (Lipinski definition) is 4. The van der Waals surface area contributed by atoms with Crippen LogP contribution < -0.4 is 9.64 Å². The fourth-order valence-electron chi connectivity index (χ4n) is 3.76. The lowest BCUT2D eigenvalue weighted by molar-refractivity contribution is -0.120. The van der Waals surface area contributed by atoms with E-state index in [-0.39, 0.29) is 11.3 Å². The van der Waals surface area contributed by atoms with Crippen LogP contribution in [-0.4, -0.2) is 36.4 Å². The number of ether oxygens (including phenoxy) is 1. The van der Waals surface area contributed by atoms with Gasteiger partial charge in [-0.2, -0.15) is 0 Å². The van der Waals surface area contributed by atoms with Crippen LogP contribution in [0, 0.1) is 11.6 Å². The third-order valence-electron chi connectivity index (χ3n) is 5.10. The second-order valence-corrected chi connectivity index (χ2v) is 6.92. The zero-order valence-electron chi connectivity index (χ0n) is 16.0. The maximum Gasteiger partial charge on any atom is 0.282 e. The van der Waals surface area contributed by atoms with Crippen molar-refractivity contribution in [2.75, 3.05) is 24.6 Å². The molecule has 2 amide bonds. The molecule has 0 N–H and O–H groups in total. The predicted octanol–water partition coefficient (Wildman–Crippen LogP) is 3.74. The largest absolute Gasteiger partial charge is 0.494 e. The molecule has 0 bridgehead atoms. The Morgan fingerprint density at radius 3 is 2.24 bits per heavy atom. The van der Waals surface area contributed by atoms with Crippen LogP contribution in [-0.2, 0) is 9.59 Å². The van der Waals surface area contributed by atoms with E-state index >= 15 is 0 Å². The summed E-state index contributed by atoms with van der Waals surface area (Å²) in [6, 6.07) is 9.96. The van der Waals surface area contributed by atoms with Crippen LogP contribution in [0.1, 0.15) is 25.3 Å². The first kappa shape index (κ1) is 19.1. The number of rotatable bonds is 5. The van der Waals surface area contributed by atoms with E-state index in [9.17, 15) is 18.4 Å². The molecule has 0 radical (unpaired) electrons. The highest BCUT2D eigenvalue weighted by molar-refractivity contribution is 6.45. The quantitative estimate of drug-likeness (QED) is 0.720. The molecule has 1 fully saturated rings. The van der Waals surface area contributed by atoms with Crippen molar-refractivity contribution in [2.24, 2.45) is 0 Å². The van der Waals surface area contributed by atoms with Gasteiger partial charge in [0.2, 0.25) is 0 Å². The van der Waals surface area contributed by atoms with Crippen molar-refractivity contribution in [2.45, 2.75) is 19.8 Å². The molecule has 0 saturated carbocycles. The molecule has 5 nitrogen and oxygen atoms in total. The number of imide groups is 1. The number of nitrogens with zero attached hydrogens (tertiary/aromatic N) is 2. The van der Waals surface area contributed by atoms with Gasteiger partial charge >= 0.3 is 0 Å². The van der Waals surface area contributed by atoms with E-state index in [4.69, 9.17) is 4.74 Å². The molecule has 2 aromatic rings. The third kappa shape index (κ3) is 3.37. The molecule has 150 valence electrons. The number of benzene rings is 2. The average molecular weight is 398 g/mol. The van der Waals surface area contributed by atoms with Gasteiger partial charge < -0.3 is 9.64 Å². The summed E-state index contributed by atoms with van der Waals surface area (Å²) in [5.41, 5.74) is 1.17. The molecule has 0 aliphatic carbocycles. The zero-order chi connectivity index (χ0) is 20.5. The van der Waals surface area contributed by atoms with Gasteiger partial charge in [0.05, 0.1) is 17.9 Å². The fourth-order valence-corrected chi connectivity index (χ4v) is 3.76. The minimum atomic E-state index is -1.11.